The van der Waals surface area contributed by atoms with E-state index in [2.05, 4.69) is 19.9 Å². The van der Waals surface area contributed by atoms with Crippen molar-refractivity contribution >= 4 is 44.9 Å². The third kappa shape index (κ3) is 7.64. The summed E-state index contributed by atoms with van der Waals surface area (Å²) in [5, 5.41) is 2.83. The zero-order valence-corrected chi connectivity index (χ0v) is 25.1. The van der Waals surface area contributed by atoms with E-state index in [0.29, 0.717) is 28.2 Å². The molecular formula is C29H37F2N5O6S. The van der Waals surface area contributed by atoms with Gasteiger partial charge in [0.2, 0.25) is 10.0 Å². The van der Waals surface area contributed by atoms with Gasteiger partial charge in [0.25, 0.3) is 11.8 Å². The highest BCUT2D eigenvalue weighted by atomic mass is 32.2. The Hall–Kier alpha value is -3.68. The highest BCUT2D eigenvalue weighted by molar-refractivity contribution is 7.92. The number of nitrogens with zero attached hydrogens (tertiary/aromatic N) is 3. The first-order chi connectivity index (χ1) is 20.4. The zero-order valence-electron chi connectivity index (χ0n) is 24.3. The minimum atomic E-state index is -3.82. The van der Waals surface area contributed by atoms with Crippen LogP contribution in [0, 0.1) is 5.41 Å². The molecule has 1 aliphatic carbocycles. The van der Waals surface area contributed by atoms with E-state index in [1.807, 2.05) is 0 Å². The number of hydrogen-bond acceptors (Lipinski definition) is 9. The number of hydrogen-bond donors (Lipinski definition) is 2. The van der Waals surface area contributed by atoms with Crippen LogP contribution in [-0.4, -0.2) is 76.8 Å². The topological polar surface area (TPSA) is 130 Å². The number of esters is 1. The maximum Gasteiger partial charge on any atom is 0.302 e. The maximum absolute atomic E-state index is 13.8. The van der Waals surface area contributed by atoms with Crippen LogP contribution in [0.15, 0.2) is 30.3 Å². The quantitative estimate of drug-likeness (QED) is 0.374. The summed E-state index contributed by atoms with van der Waals surface area (Å²) in [6, 6.07) is 7.94. The number of benzene rings is 1. The third-order valence-electron chi connectivity index (χ3n) is 8.39. The fourth-order valence-electron chi connectivity index (χ4n) is 5.59. The summed E-state index contributed by atoms with van der Waals surface area (Å²) in [5.74, 6) is -3.12. The molecule has 1 amide bonds. The van der Waals surface area contributed by atoms with Crippen LogP contribution in [0.25, 0.3) is 0 Å². The van der Waals surface area contributed by atoms with E-state index in [0.717, 1.165) is 25.9 Å². The van der Waals surface area contributed by atoms with Gasteiger partial charge in [-0.05, 0) is 61.4 Å². The number of halogens is 2. The van der Waals surface area contributed by atoms with Crippen LogP contribution < -0.4 is 24.6 Å². The number of aromatic nitrogens is 1. The lowest BCUT2D eigenvalue weighted by molar-refractivity contribution is -0.140. The Labute approximate surface area is 250 Å². The third-order valence-corrected chi connectivity index (χ3v) is 9.64. The van der Waals surface area contributed by atoms with E-state index in [1.165, 1.54) is 32.9 Å². The number of pyridine rings is 1. The summed E-state index contributed by atoms with van der Waals surface area (Å²) < 4.78 is 65.4. The van der Waals surface area contributed by atoms with Crippen LogP contribution in [0.5, 0.6) is 5.75 Å². The molecule has 2 N–H and O–H groups in total. The van der Waals surface area contributed by atoms with Crippen molar-refractivity contribution in [2.24, 2.45) is 5.41 Å². The average Bonchev–Trinajstić information content (AvgIpc) is 3.71. The smallest absolute Gasteiger partial charge is 0.302 e. The predicted octanol–water partition coefficient (Wildman–Crippen LogP) is 4.26. The second-order valence-corrected chi connectivity index (χ2v) is 13.3. The number of rotatable bonds is 10. The molecule has 0 radical (unpaired) electrons. The number of carbonyl (C=O) groups is 2. The van der Waals surface area contributed by atoms with Gasteiger partial charge >= 0.3 is 5.97 Å². The second kappa shape index (κ2) is 12.1. The van der Waals surface area contributed by atoms with Crippen molar-refractivity contribution < 1.29 is 36.3 Å². The summed E-state index contributed by atoms with van der Waals surface area (Å²) in [6.45, 7) is 2.60. The van der Waals surface area contributed by atoms with Gasteiger partial charge in [-0.15, -0.1) is 0 Å². The van der Waals surface area contributed by atoms with Gasteiger partial charge in [0, 0.05) is 45.9 Å². The number of sulfonamides is 1. The van der Waals surface area contributed by atoms with Crippen molar-refractivity contribution in [2.45, 2.75) is 51.4 Å². The number of piperidine rings is 2. The molecule has 1 saturated carbocycles. The van der Waals surface area contributed by atoms with Crippen LogP contribution in [0.1, 0.15) is 55.8 Å². The van der Waals surface area contributed by atoms with Crippen LogP contribution in [0.3, 0.4) is 0 Å². The molecule has 2 saturated heterocycles. The Morgan fingerprint density at radius 3 is 2.28 bits per heavy atom. The van der Waals surface area contributed by atoms with Crippen LogP contribution in [-0.2, 0) is 19.6 Å². The van der Waals surface area contributed by atoms with Gasteiger partial charge in [-0.2, -0.15) is 0 Å². The average molecular weight is 622 g/mol. The highest BCUT2D eigenvalue weighted by Crippen LogP contribution is 2.54. The lowest BCUT2D eigenvalue weighted by Gasteiger charge is -2.35. The SMILES string of the molecule is COc1ccc(NC(=O)c2ccc(NS(=O)(=O)CCOC(C)=O)cc2N2CCC3(CC2)CC3)nc1N1CCC(F)(F)CC1. The first-order valence-corrected chi connectivity index (χ1v) is 16.0. The molecule has 0 unspecified atom stereocenters. The number of alkyl halides is 2. The van der Waals surface area contributed by atoms with Crippen LogP contribution in [0.4, 0.5) is 31.8 Å². The fourth-order valence-corrected chi connectivity index (χ4v) is 6.48. The molecule has 1 aromatic carbocycles. The van der Waals surface area contributed by atoms with E-state index in [1.54, 1.807) is 29.2 Å². The standard InChI is InChI=1S/C29H37F2N5O6S/c1-20(37)42-17-18-43(39,40)34-21-3-4-22(23(19-21)35-13-9-28(7-8-28)10-14-35)27(38)33-25-6-5-24(41-2)26(32-25)36-15-11-29(30,31)12-16-36/h3-6,19,34H,7-18H2,1-2H3,(H,32,33,38). The molecule has 43 heavy (non-hydrogen) atoms. The molecule has 2 aliphatic heterocycles. The zero-order chi connectivity index (χ0) is 30.8. The molecule has 3 aliphatic rings. The summed E-state index contributed by atoms with van der Waals surface area (Å²) in [4.78, 5) is 33.0. The molecule has 2 aromatic rings. The van der Waals surface area contributed by atoms with Crippen molar-refractivity contribution in [3.8, 4) is 5.75 Å². The molecule has 0 atom stereocenters. The number of methoxy groups -OCH3 is 1. The van der Waals surface area contributed by atoms with Gasteiger partial charge in [0.15, 0.2) is 11.6 Å². The van der Waals surface area contributed by atoms with Crippen molar-refractivity contribution in [3.63, 3.8) is 0 Å². The lowest BCUT2D eigenvalue weighted by Crippen LogP contribution is -2.40. The Balaban J connectivity index is 1.37. The molecule has 0 bridgehead atoms. The van der Waals surface area contributed by atoms with Crippen LogP contribution in [0.2, 0.25) is 0 Å². The van der Waals surface area contributed by atoms with Gasteiger partial charge in [-0.1, -0.05) is 0 Å². The van der Waals surface area contributed by atoms with Gasteiger partial charge in [0.1, 0.15) is 18.2 Å². The van der Waals surface area contributed by atoms with Crippen molar-refractivity contribution in [2.75, 3.05) is 65.5 Å². The van der Waals surface area contributed by atoms with Gasteiger partial charge < -0.3 is 24.6 Å². The molecule has 3 fully saturated rings. The normalized spacial score (nSPS) is 19.1. The molecule has 234 valence electrons. The van der Waals surface area contributed by atoms with E-state index in [4.69, 9.17) is 9.47 Å². The summed E-state index contributed by atoms with van der Waals surface area (Å²) in [5.41, 5.74) is 1.59. The first-order valence-electron chi connectivity index (χ1n) is 14.4. The Kier molecular flexibility index (Phi) is 8.68. The van der Waals surface area contributed by atoms with E-state index < -0.39 is 33.6 Å². The molecule has 14 heteroatoms. The molecule has 5 rings (SSSR count). The lowest BCUT2D eigenvalue weighted by atomic mass is 9.93. The minimum absolute atomic E-state index is 0.104. The molecular weight excluding hydrogens is 584 g/mol. The van der Waals surface area contributed by atoms with Crippen molar-refractivity contribution in [3.05, 3.63) is 35.9 Å². The number of amides is 1. The molecule has 1 spiro atoms. The number of anilines is 4. The summed E-state index contributed by atoms with van der Waals surface area (Å²) in [6.07, 6.45) is 3.80. The van der Waals surface area contributed by atoms with Crippen molar-refractivity contribution in [1.29, 1.82) is 0 Å². The number of nitrogens with one attached hydrogen (secondary N) is 2. The molecule has 11 nitrogen and oxygen atoms in total. The van der Waals surface area contributed by atoms with Crippen molar-refractivity contribution in [1.82, 2.24) is 4.98 Å². The summed E-state index contributed by atoms with van der Waals surface area (Å²) >= 11 is 0. The van der Waals surface area contributed by atoms with Gasteiger partial charge in [-0.25, -0.2) is 22.2 Å². The number of ether oxygens (including phenoxy) is 2. The van der Waals surface area contributed by atoms with Gasteiger partial charge in [-0.3, -0.25) is 14.3 Å². The van der Waals surface area contributed by atoms with Gasteiger partial charge in [0.05, 0.1) is 24.0 Å². The summed E-state index contributed by atoms with van der Waals surface area (Å²) in [7, 11) is -2.34. The molecule has 3 heterocycles. The van der Waals surface area contributed by atoms with Crippen LogP contribution >= 0.6 is 0 Å². The highest BCUT2D eigenvalue weighted by Gasteiger charge is 2.44. The van der Waals surface area contributed by atoms with E-state index in [9.17, 15) is 26.8 Å². The Bertz CT molecular complexity index is 1460. The van der Waals surface area contributed by atoms with E-state index >= 15 is 0 Å². The first kappa shape index (κ1) is 30.8. The maximum atomic E-state index is 13.8. The fraction of sp³-hybridized carbons (Fsp3) is 0.552. The van der Waals surface area contributed by atoms with E-state index in [-0.39, 0.29) is 44.0 Å². The largest absolute Gasteiger partial charge is 0.493 e. The molecule has 1 aromatic heterocycles. The Morgan fingerprint density at radius 1 is 0.977 bits per heavy atom. The monoisotopic (exact) mass is 621 g/mol. The Morgan fingerprint density at radius 2 is 1.65 bits per heavy atom. The second-order valence-electron chi connectivity index (χ2n) is 11.5. The number of carbonyl (C=O) groups excluding carboxylic acids is 2. The predicted molar refractivity (Wildman–Crippen MR) is 159 cm³/mol. The minimum Gasteiger partial charge on any atom is -0.493 e.